The molecule has 0 heterocycles. The van der Waals surface area contributed by atoms with Crippen molar-refractivity contribution in [1.82, 2.24) is 5.32 Å². The van der Waals surface area contributed by atoms with Crippen LogP contribution in [0.3, 0.4) is 0 Å². The fraction of sp³-hybridized carbons (Fsp3) is 0.625. The molecule has 4 heteroatoms. The van der Waals surface area contributed by atoms with Crippen molar-refractivity contribution >= 4 is 15.9 Å². The lowest BCUT2D eigenvalue weighted by molar-refractivity contribution is -0.0245. The molecule has 0 bridgehead atoms. The van der Waals surface area contributed by atoms with E-state index >= 15 is 0 Å². The molecule has 20 heavy (non-hydrogen) atoms. The highest BCUT2D eigenvalue weighted by Gasteiger charge is 2.36. The third-order valence-electron chi connectivity index (χ3n) is 4.31. The van der Waals surface area contributed by atoms with Crippen molar-refractivity contribution in [2.24, 2.45) is 5.41 Å². The second kappa shape index (κ2) is 6.12. The number of benzene rings is 1. The van der Waals surface area contributed by atoms with Crippen molar-refractivity contribution in [3.63, 3.8) is 0 Å². The van der Waals surface area contributed by atoms with E-state index in [4.69, 9.17) is 0 Å². The van der Waals surface area contributed by atoms with Crippen LogP contribution in [0.1, 0.15) is 45.1 Å². The van der Waals surface area contributed by atoms with Crippen LogP contribution in [0.2, 0.25) is 0 Å². The molecule has 0 unspecified atom stereocenters. The first kappa shape index (κ1) is 15.9. The van der Waals surface area contributed by atoms with Gasteiger partial charge in [0.15, 0.2) is 0 Å². The Balaban J connectivity index is 1.85. The molecule has 0 aromatic heterocycles. The molecule has 1 aromatic rings. The number of halogens is 2. The van der Waals surface area contributed by atoms with E-state index < -0.39 is 5.60 Å². The van der Waals surface area contributed by atoms with E-state index in [0.717, 1.165) is 35.7 Å². The zero-order valence-corrected chi connectivity index (χ0v) is 13.8. The highest BCUT2D eigenvalue weighted by Crippen LogP contribution is 2.39. The first-order valence-electron chi connectivity index (χ1n) is 7.17. The highest BCUT2D eigenvalue weighted by atomic mass is 79.9. The predicted molar refractivity (Wildman–Crippen MR) is 83.0 cm³/mol. The van der Waals surface area contributed by atoms with Crippen LogP contribution in [0.4, 0.5) is 4.39 Å². The Morgan fingerprint density at radius 1 is 1.25 bits per heavy atom. The van der Waals surface area contributed by atoms with Gasteiger partial charge in [0.05, 0.1) is 5.60 Å². The van der Waals surface area contributed by atoms with Crippen molar-refractivity contribution in [1.29, 1.82) is 0 Å². The van der Waals surface area contributed by atoms with Gasteiger partial charge in [-0.2, -0.15) is 0 Å². The third kappa shape index (κ3) is 4.27. The predicted octanol–water partition coefficient (Wildman–Crippen LogP) is 4.01. The minimum atomic E-state index is -0.616. The van der Waals surface area contributed by atoms with Crippen LogP contribution >= 0.6 is 15.9 Å². The quantitative estimate of drug-likeness (QED) is 0.865. The van der Waals surface area contributed by atoms with Crippen LogP contribution in [0.25, 0.3) is 0 Å². The lowest BCUT2D eigenvalue weighted by atomic mass is 9.71. The molecular formula is C16H23BrFNO. The molecule has 0 saturated heterocycles. The molecule has 112 valence electrons. The van der Waals surface area contributed by atoms with Crippen molar-refractivity contribution in [3.8, 4) is 0 Å². The summed E-state index contributed by atoms with van der Waals surface area (Å²) in [5.74, 6) is -0.233. The zero-order chi connectivity index (χ0) is 14.8. The van der Waals surface area contributed by atoms with Crippen LogP contribution in [0.15, 0.2) is 22.7 Å². The van der Waals surface area contributed by atoms with E-state index in [0.29, 0.717) is 18.5 Å². The summed E-state index contributed by atoms with van der Waals surface area (Å²) < 4.78 is 14.1. The normalized spacial score (nSPS) is 20.9. The molecule has 0 radical (unpaired) electrons. The van der Waals surface area contributed by atoms with Crippen LogP contribution in [0, 0.1) is 11.2 Å². The zero-order valence-electron chi connectivity index (χ0n) is 12.2. The largest absolute Gasteiger partial charge is 0.389 e. The highest BCUT2D eigenvalue weighted by molar-refractivity contribution is 9.10. The van der Waals surface area contributed by atoms with E-state index in [9.17, 15) is 9.50 Å². The fourth-order valence-corrected chi connectivity index (χ4v) is 3.06. The topological polar surface area (TPSA) is 32.3 Å². The second-order valence-corrected chi connectivity index (χ2v) is 7.58. The molecule has 0 atom stereocenters. The first-order valence-corrected chi connectivity index (χ1v) is 7.96. The van der Waals surface area contributed by atoms with Gasteiger partial charge in [0.1, 0.15) is 5.82 Å². The first-order chi connectivity index (χ1) is 9.30. The Kier molecular flexibility index (Phi) is 4.88. The summed E-state index contributed by atoms with van der Waals surface area (Å²) in [5, 5.41) is 13.8. The molecule has 1 fully saturated rings. The molecule has 1 aliphatic rings. The Bertz CT molecular complexity index is 466. The van der Waals surface area contributed by atoms with E-state index in [-0.39, 0.29) is 5.82 Å². The van der Waals surface area contributed by atoms with Crippen molar-refractivity contribution in [3.05, 3.63) is 34.1 Å². The van der Waals surface area contributed by atoms with Crippen LogP contribution in [0.5, 0.6) is 0 Å². The Morgan fingerprint density at radius 3 is 2.55 bits per heavy atom. The molecule has 1 aliphatic carbocycles. The summed E-state index contributed by atoms with van der Waals surface area (Å²) in [6, 6.07) is 4.67. The number of aliphatic hydroxyl groups is 1. The van der Waals surface area contributed by atoms with Gasteiger partial charge in [0, 0.05) is 17.6 Å². The van der Waals surface area contributed by atoms with E-state index in [1.165, 1.54) is 12.1 Å². The molecule has 0 aliphatic heterocycles. The van der Waals surface area contributed by atoms with Crippen molar-refractivity contribution in [2.75, 3.05) is 6.54 Å². The SMILES string of the molecule is CC1(C)CCC(O)(CNCc2cc(F)ccc2Br)CC1. The van der Waals surface area contributed by atoms with Crippen LogP contribution in [-0.2, 0) is 6.54 Å². The van der Waals surface area contributed by atoms with Crippen molar-refractivity contribution < 1.29 is 9.50 Å². The number of rotatable bonds is 4. The van der Waals surface area contributed by atoms with Gasteiger partial charge in [-0.25, -0.2) is 4.39 Å². The standard InChI is InChI=1S/C16H23BrFNO/c1-15(2)5-7-16(20,8-6-15)11-19-10-12-9-13(18)3-4-14(12)17/h3-4,9,19-20H,5-8,10-11H2,1-2H3. The van der Waals surface area contributed by atoms with Gasteiger partial charge < -0.3 is 10.4 Å². The lowest BCUT2D eigenvalue weighted by Gasteiger charge is -2.40. The lowest BCUT2D eigenvalue weighted by Crippen LogP contribution is -2.44. The average molecular weight is 344 g/mol. The summed E-state index contributed by atoms with van der Waals surface area (Å²) in [6.07, 6.45) is 3.76. The molecule has 0 spiro atoms. The van der Waals surface area contributed by atoms with Gasteiger partial charge in [0.2, 0.25) is 0 Å². The Hall–Kier alpha value is -0.450. The van der Waals surface area contributed by atoms with E-state index in [2.05, 4.69) is 35.1 Å². The molecule has 2 N–H and O–H groups in total. The summed E-state index contributed by atoms with van der Waals surface area (Å²) in [7, 11) is 0. The fourth-order valence-electron chi connectivity index (χ4n) is 2.68. The third-order valence-corrected chi connectivity index (χ3v) is 5.09. The van der Waals surface area contributed by atoms with E-state index in [1.807, 2.05) is 0 Å². The van der Waals surface area contributed by atoms with Gasteiger partial charge in [-0.1, -0.05) is 29.8 Å². The molecule has 2 rings (SSSR count). The molecule has 1 aromatic carbocycles. The molecule has 0 amide bonds. The molecular weight excluding hydrogens is 321 g/mol. The molecule has 2 nitrogen and oxygen atoms in total. The van der Waals surface area contributed by atoms with Crippen LogP contribution in [-0.4, -0.2) is 17.3 Å². The minimum Gasteiger partial charge on any atom is -0.389 e. The monoisotopic (exact) mass is 343 g/mol. The molecule has 1 saturated carbocycles. The minimum absolute atomic E-state index is 0.233. The van der Waals surface area contributed by atoms with Gasteiger partial charge in [0.25, 0.3) is 0 Å². The van der Waals surface area contributed by atoms with Gasteiger partial charge >= 0.3 is 0 Å². The second-order valence-electron chi connectivity index (χ2n) is 6.73. The number of nitrogens with one attached hydrogen (secondary N) is 1. The van der Waals surface area contributed by atoms with Crippen molar-refractivity contribution in [2.45, 2.75) is 51.7 Å². The van der Waals surface area contributed by atoms with Gasteiger partial charge in [-0.05, 0) is 54.9 Å². The smallest absolute Gasteiger partial charge is 0.123 e. The number of hydrogen-bond acceptors (Lipinski definition) is 2. The maximum absolute atomic E-state index is 13.2. The van der Waals surface area contributed by atoms with Crippen LogP contribution < -0.4 is 5.32 Å². The van der Waals surface area contributed by atoms with E-state index in [1.54, 1.807) is 6.07 Å². The maximum atomic E-state index is 13.2. The number of hydrogen-bond donors (Lipinski definition) is 2. The summed E-state index contributed by atoms with van der Waals surface area (Å²) in [5.41, 5.74) is 0.609. The summed E-state index contributed by atoms with van der Waals surface area (Å²) in [6.45, 7) is 5.63. The van der Waals surface area contributed by atoms with Gasteiger partial charge in [-0.3, -0.25) is 0 Å². The Morgan fingerprint density at radius 2 is 1.90 bits per heavy atom. The summed E-state index contributed by atoms with van der Waals surface area (Å²) >= 11 is 3.42. The Labute approximate surface area is 128 Å². The van der Waals surface area contributed by atoms with Gasteiger partial charge in [-0.15, -0.1) is 0 Å². The summed E-state index contributed by atoms with van der Waals surface area (Å²) in [4.78, 5) is 0. The maximum Gasteiger partial charge on any atom is 0.123 e. The average Bonchev–Trinajstić information content (AvgIpc) is 2.38.